The first-order valence-corrected chi connectivity index (χ1v) is 8.22. The molecule has 1 aromatic rings. The molecule has 1 aliphatic rings. The summed E-state index contributed by atoms with van der Waals surface area (Å²) in [5, 5.41) is 9.92. The monoisotopic (exact) mass is 344 g/mol. The molecule has 0 aromatic carbocycles. The van der Waals surface area contributed by atoms with Crippen LogP contribution >= 0.6 is 7.60 Å². The Labute approximate surface area is 131 Å². The summed E-state index contributed by atoms with van der Waals surface area (Å²) < 4.78 is 28.0. The van der Waals surface area contributed by atoms with Crippen LogP contribution < -0.4 is 11.2 Å². The Morgan fingerprint density at radius 3 is 2.70 bits per heavy atom. The second-order valence-corrected chi connectivity index (χ2v) is 6.90. The molecular weight excluding hydrogens is 327 g/mol. The van der Waals surface area contributed by atoms with E-state index in [1.165, 1.54) is 31.1 Å². The van der Waals surface area contributed by atoms with E-state index in [9.17, 15) is 19.3 Å². The van der Waals surface area contributed by atoms with E-state index >= 15 is 0 Å². The molecule has 0 amide bonds. The summed E-state index contributed by atoms with van der Waals surface area (Å²) in [5.74, 6) is 1.06. The summed E-state index contributed by atoms with van der Waals surface area (Å²) in [5.41, 5.74) is -0.800. The van der Waals surface area contributed by atoms with Crippen molar-refractivity contribution in [1.29, 1.82) is 0 Å². The first-order valence-electron chi connectivity index (χ1n) is 6.61. The Hall–Kier alpha value is -2.09. The predicted molar refractivity (Wildman–Crippen MR) is 81.2 cm³/mol. The molecule has 0 saturated carbocycles. The van der Waals surface area contributed by atoms with Crippen molar-refractivity contribution in [2.24, 2.45) is 0 Å². The van der Waals surface area contributed by atoms with Crippen LogP contribution in [0.15, 0.2) is 39.2 Å². The normalized spacial score (nSPS) is 18.7. The van der Waals surface area contributed by atoms with Crippen molar-refractivity contribution in [1.82, 2.24) is 9.55 Å². The van der Waals surface area contributed by atoms with Crippen LogP contribution in [0.4, 0.5) is 0 Å². The van der Waals surface area contributed by atoms with E-state index in [0.717, 1.165) is 5.82 Å². The van der Waals surface area contributed by atoms with Gasteiger partial charge in [0.2, 0.25) is 0 Å². The van der Waals surface area contributed by atoms with Crippen LogP contribution in [0.3, 0.4) is 0 Å². The van der Waals surface area contributed by atoms with Gasteiger partial charge in [-0.25, -0.2) is 4.79 Å². The molecule has 126 valence electrons. The number of nitrogens with one attached hydrogen (secondary N) is 1. The highest BCUT2D eigenvalue weighted by Crippen LogP contribution is 2.48. The number of aliphatic hydroxyl groups is 1. The van der Waals surface area contributed by atoms with Crippen LogP contribution in [0.2, 0.25) is 0 Å². The maximum absolute atomic E-state index is 11.9. The van der Waals surface area contributed by atoms with Gasteiger partial charge in [0.25, 0.3) is 5.56 Å². The van der Waals surface area contributed by atoms with Crippen LogP contribution in [0.5, 0.6) is 0 Å². The SMILES string of the molecule is COP(=O)(/C=C/C1=C(O)C[C@H](n2cc(C)c(=O)[nH]c2=O)O1)OC. The third-order valence-electron chi connectivity index (χ3n) is 3.29. The van der Waals surface area contributed by atoms with Crippen molar-refractivity contribution in [2.45, 2.75) is 19.6 Å². The first kappa shape index (κ1) is 17.3. The average molecular weight is 344 g/mol. The number of aromatic nitrogens is 2. The molecule has 0 saturated heterocycles. The molecule has 0 fully saturated rings. The van der Waals surface area contributed by atoms with Crippen LogP contribution in [0.1, 0.15) is 18.2 Å². The Bertz CT molecular complexity index is 812. The number of aromatic amines is 1. The summed E-state index contributed by atoms with van der Waals surface area (Å²) in [6.07, 6.45) is 1.81. The molecule has 0 unspecified atom stereocenters. The Kier molecular flexibility index (Phi) is 4.93. The molecule has 0 spiro atoms. The molecule has 1 aromatic heterocycles. The summed E-state index contributed by atoms with van der Waals surface area (Å²) in [6.45, 7) is 1.55. The van der Waals surface area contributed by atoms with E-state index in [2.05, 4.69) is 4.98 Å². The quantitative estimate of drug-likeness (QED) is 0.777. The lowest BCUT2D eigenvalue weighted by molar-refractivity contribution is 0.0843. The van der Waals surface area contributed by atoms with Gasteiger partial charge >= 0.3 is 13.3 Å². The van der Waals surface area contributed by atoms with Gasteiger partial charge in [-0.3, -0.25) is 18.9 Å². The highest BCUT2D eigenvalue weighted by molar-refractivity contribution is 7.57. The number of hydrogen-bond donors (Lipinski definition) is 2. The Balaban J connectivity index is 2.24. The fourth-order valence-corrected chi connectivity index (χ4v) is 2.68. The molecule has 2 heterocycles. The zero-order valence-corrected chi connectivity index (χ0v) is 13.7. The summed E-state index contributed by atoms with van der Waals surface area (Å²) in [4.78, 5) is 25.4. The van der Waals surface area contributed by atoms with E-state index < -0.39 is 25.1 Å². The number of rotatable bonds is 5. The number of aryl methyl sites for hydroxylation is 1. The van der Waals surface area contributed by atoms with Gasteiger partial charge in [-0.2, -0.15) is 0 Å². The lowest BCUT2D eigenvalue weighted by Gasteiger charge is -2.14. The molecule has 0 aliphatic carbocycles. The largest absolute Gasteiger partial charge is 0.508 e. The molecule has 2 rings (SSSR count). The van der Waals surface area contributed by atoms with Crippen LogP contribution in [-0.4, -0.2) is 28.9 Å². The third-order valence-corrected chi connectivity index (χ3v) is 4.82. The number of H-pyrrole nitrogens is 1. The summed E-state index contributed by atoms with van der Waals surface area (Å²) in [7, 11) is -0.946. The van der Waals surface area contributed by atoms with E-state index in [1.807, 2.05) is 0 Å². The van der Waals surface area contributed by atoms with Crippen molar-refractivity contribution in [3.8, 4) is 0 Å². The molecule has 0 radical (unpaired) electrons. The van der Waals surface area contributed by atoms with Gasteiger partial charge < -0.3 is 18.9 Å². The molecule has 10 heteroatoms. The number of ether oxygens (including phenoxy) is 1. The minimum absolute atomic E-state index is 0.0231. The Morgan fingerprint density at radius 2 is 2.09 bits per heavy atom. The predicted octanol–water partition coefficient (Wildman–Crippen LogP) is 1.53. The molecule has 23 heavy (non-hydrogen) atoms. The van der Waals surface area contributed by atoms with E-state index in [4.69, 9.17) is 13.8 Å². The molecule has 2 N–H and O–H groups in total. The van der Waals surface area contributed by atoms with E-state index in [1.54, 1.807) is 6.92 Å². The minimum Gasteiger partial charge on any atom is -0.508 e. The zero-order chi connectivity index (χ0) is 17.2. The standard InChI is InChI=1S/C13H17N2O7P/c1-8-7-15(13(18)14-12(8)17)11-6-9(16)10(22-11)4-5-23(19,20-2)21-3/h4-5,7,11,16H,6H2,1-3H3,(H,14,17,18)/b5-4+/t11-/m1/s1. The number of allylic oxidation sites excluding steroid dienone is 1. The van der Waals surface area contributed by atoms with E-state index in [0.29, 0.717) is 5.56 Å². The van der Waals surface area contributed by atoms with Gasteiger partial charge in [0.05, 0.1) is 6.42 Å². The molecule has 9 nitrogen and oxygen atoms in total. The van der Waals surface area contributed by atoms with Gasteiger partial charge in [0.15, 0.2) is 12.0 Å². The van der Waals surface area contributed by atoms with Crippen LogP contribution in [0, 0.1) is 6.92 Å². The van der Waals surface area contributed by atoms with Gasteiger partial charge in [0.1, 0.15) is 5.76 Å². The highest BCUT2D eigenvalue weighted by atomic mass is 31.2. The fourth-order valence-electron chi connectivity index (χ4n) is 1.97. The van der Waals surface area contributed by atoms with E-state index in [-0.39, 0.29) is 17.9 Å². The summed E-state index contributed by atoms with van der Waals surface area (Å²) in [6, 6.07) is 0. The molecule has 0 bridgehead atoms. The number of aliphatic hydroxyl groups excluding tert-OH is 1. The molecule has 1 aliphatic heterocycles. The van der Waals surface area contributed by atoms with Crippen molar-refractivity contribution < 1.29 is 23.5 Å². The maximum Gasteiger partial charge on any atom is 0.353 e. The Morgan fingerprint density at radius 1 is 1.43 bits per heavy atom. The van der Waals surface area contributed by atoms with Gasteiger partial charge in [-0.1, -0.05) is 0 Å². The van der Waals surface area contributed by atoms with Gasteiger partial charge in [-0.05, 0) is 13.0 Å². The number of nitrogens with zero attached hydrogens (tertiary/aromatic N) is 1. The van der Waals surface area contributed by atoms with Crippen molar-refractivity contribution in [2.75, 3.05) is 14.2 Å². The lowest BCUT2D eigenvalue weighted by atomic mass is 10.3. The maximum atomic E-state index is 11.9. The fraction of sp³-hybridized carbons (Fsp3) is 0.385. The second-order valence-electron chi connectivity index (χ2n) is 4.79. The first-order chi connectivity index (χ1) is 10.8. The topological polar surface area (TPSA) is 120 Å². The smallest absolute Gasteiger partial charge is 0.353 e. The van der Waals surface area contributed by atoms with Gasteiger partial charge in [0, 0.05) is 31.8 Å². The number of hydrogen-bond acceptors (Lipinski definition) is 7. The lowest BCUT2D eigenvalue weighted by Crippen LogP contribution is -2.33. The summed E-state index contributed by atoms with van der Waals surface area (Å²) >= 11 is 0. The zero-order valence-electron chi connectivity index (χ0n) is 12.8. The average Bonchev–Trinajstić information content (AvgIpc) is 2.89. The molecule has 1 atom stereocenters. The van der Waals surface area contributed by atoms with Gasteiger partial charge in [-0.15, -0.1) is 0 Å². The van der Waals surface area contributed by atoms with Crippen LogP contribution in [0.25, 0.3) is 0 Å². The highest BCUT2D eigenvalue weighted by Gasteiger charge is 2.27. The van der Waals surface area contributed by atoms with Crippen molar-refractivity contribution in [3.63, 3.8) is 0 Å². The van der Waals surface area contributed by atoms with Crippen LogP contribution in [-0.2, 0) is 18.3 Å². The minimum atomic E-state index is -3.40. The van der Waals surface area contributed by atoms with Crippen molar-refractivity contribution >= 4 is 7.60 Å². The van der Waals surface area contributed by atoms with Crippen molar-refractivity contribution in [3.05, 3.63) is 56.0 Å². The third kappa shape index (κ3) is 3.64. The second kappa shape index (κ2) is 6.57. The molecular formula is C13H17N2O7P.